The standard InChI is InChI=1S/C35H41BN2O4/c1-25-31(32-8-6-7-9-33(32)38-25)20-21-37-22-27-12-10-26(11-13-27)16-19-30(39)24-40-23-28-14-17-29(18-15-28)36-41-34(2,3)35(4,5)42-36/h6-19,37-38H,20-24H2,1-5H3/b19-16+. The molecule has 0 atom stereocenters. The summed E-state index contributed by atoms with van der Waals surface area (Å²) in [6, 6.07) is 24.7. The molecule has 1 aromatic heterocycles. The smallest absolute Gasteiger partial charge is 0.399 e. The normalized spacial score (nSPS) is 16.1. The Labute approximate surface area is 249 Å². The van der Waals surface area contributed by atoms with Gasteiger partial charge in [-0.3, -0.25) is 4.79 Å². The number of aromatic amines is 1. The number of fused-ring (bicyclic) bond motifs is 1. The number of H-pyrrole nitrogens is 1. The highest BCUT2D eigenvalue weighted by atomic mass is 16.7. The van der Waals surface area contributed by atoms with Crippen LogP contribution in [0, 0.1) is 6.92 Å². The topological polar surface area (TPSA) is 72.6 Å². The van der Waals surface area contributed by atoms with Crippen molar-refractivity contribution in [2.45, 2.75) is 65.4 Å². The van der Waals surface area contributed by atoms with Crippen LogP contribution in [0.4, 0.5) is 0 Å². The Bertz CT molecular complexity index is 1520. The highest BCUT2D eigenvalue weighted by Gasteiger charge is 2.51. The van der Waals surface area contributed by atoms with Gasteiger partial charge in [-0.15, -0.1) is 0 Å². The third-order valence-electron chi connectivity index (χ3n) is 8.37. The monoisotopic (exact) mass is 564 g/mol. The zero-order valence-corrected chi connectivity index (χ0v) is 25.3. The van der Waals surface area contributed by atoms with E-state index in [0.717, 1.165) is 36.1 Å². The van der Waals surface area contributed by atoms with Crippen molar-refractivity contribution in [2.24, 2.45) is 0 Å². The molecular weight excluding hydrogens is 523 g/mol. The second kappa shape index (κ2) is 12.8. The first-order valence-electron chi connectivity index (χ1n) is 14.7. The van der Waals surface area contributed by atoms with Crippen LogP contribution in [-0.2, 0) is 38.4 Å². The summed E-state index contributed by atoms with van der Waals surface area (Å²) in [4.78, 5) is 15.8. The molecule has 1 fully saturated rings. The number of benzene rings is 3. The van der Waals surface area contributed by atoms with Gasteiger partial charge in [0.15, 0.2) is 5.78 Å². The maximum atomic E-state index is 12.3. The fourth-order valence-corrected chi connectivity index (χ4v) is 5.11. The third kappa shape index (κ3) is 7.10. The Morgan fingerprint density at radius 1 is 0.929 bits per heavy atom. The minimum absolute atomic E-state index is 0.0351. The maximum Gasteiger partial charge on any atom is 0.494 e. The molecule has 218 valence electrons. The number of hydrogen-bond donors (Lipinski definition) is 2. The summed E-state index contributed by atoms with van der Waals surface area (Å²) in [5, 5.41) is 4.85. The Morgan fingerprint density at radius 3 is 2.31 bits per heavy atom. The van der Waals surface area contributed by atoms with Crippen molar-refractivity contribution in [3.8, 4) is 0 Å². The van der Waals surface area contributed by atoms with Crippen LogP contribution in [0.1, 0.15) is 55.6 Å². The molecule has 1 aliphatic heterocycles. The lowest BCUT2D eigenvalue weighted by Gasteiger charge is -2.32. The van der Waals surface area contributed by atoms with E-state index in [-0.39, 0.29) is 30.7 Å². The van der Waals surface area contributed by atoms with Gasteiger partial charge in [0, 0.05) is 23.1 Å². The molecule has 5 rings (SSSR count). The van der Waals surface area contributed by atoms with Gasteiger partial charge in [0.05, 0.1) is 17.8 Å². The van der Waals surface area contributed by atoms with E-state index in [9.17, 15) is 4.79 Å². The summed E-state index contributed by atoms with van der Waals surface area (Å²) in [6.07, 6.45) is 4.40. The summed E-state index contributed by atoms with van der Waals surface area (Å²) < 4.78 is 17.9. The minimum atomic E-state index is -0.387. The molecule has 0 unspecified atom stereocenters. The number of carbonyl (C=O) groups is 1. The molecule has 7 heteroatoms. The van der Waals surface area contributed by atoms with Crippen molar-refractivity contribution < 1.29 is 18.8 Å². The number of ketones is 1. The van der Waals surface area contributed by atoms with Gasteiger partial charge in [-0.1, -0.05) is 72.8 Å². The van der Waals surface area contributed by atoms with Crippen molar-refractivity contribution in [2.75, 3.05) is 13.2 Å². The molecular formula is C35H41BN2O4. The molecule has 0 radical (unpaired) electrons. The molecule has 3 aromatic carbocycles. The van der Waals surface area contributed by atoms with Crippen LogP contribution < -0.4 is 10.8 Å². The second-order valence-corrected chi connectivity index (χ2v) is 12.1. The van der Waals surface area contributed by atoms with E-state index in [1.165, 1.54) is 27.7 Å². The number of aryl methyl sites for hydroxylation is 1. The first-order chi connectivity index (χ1) is 20.1. The van der Waals surface area contributed by atoms with Crippen molar-refractivity contribution in [1.29, 1.82) is 0 Å². The Hall–Kier alpha value is -3.49. The summed E-state index contributed by atoms with van der Waals surface area (Å²) in [5.41, 5.74) is 7.23. The van der Waals surface area contributed by atoms with E-state index in [1.807, 2.05) is 70.2 Å². The SMILES string of the molecule is Cc1[nH]c2ccccc2c1CCNCc1ccc(/C=C/C(=O)COCc2ccc(B3OC(C)(C)C(C)(C)O3)cc2)cc1. The van der Waals surface area contributed by atoms with Gasteiger partial charge in [-0.05, 0) is 87.4 Å². The second-order valence-electron chi connectivity index (χ2n) is 12.1. The van der Waals surface area contributed by atoms with Crippen molar-refractivity contribution >= 4 is 35.3 Å². The molecule has 0 spiro atoms. The average Bonchev–Trinajstić information content (AvgIpc) is 3.40. The molecule has 0 amide bonds. The highest BCUT2D eigenvalue weighted by Crippen LogP contribution is 2.36. The van der Waals surface area contributed by atoms with Crippen molar-refractivity contribution in [3.05, 3.63) is 107 Å². The molecule has 1 aliphatic rings. The predicted octanol–water partition coefficient (Wildman–Crippen LogP) is 5.91. The Balaban J connectivity index is 1.01. The van der Waals surface area contributed by atoms with Gasteiger partial charge in [-0.25, -0.2) is 0 Å². The van der Waals surface area contributed by atoms with Crippen molar-refractivity contribution in [3.63, 3.8) is 0 Å². The van der Waals surface area contributed by atoms with Gasteiger partial charge in [-0.2, -0.15) is 0 Å². The minimum Gasteiger partial charge on any atom is -0.399 e. The molecule has 0 aliphatic carbocycles. The zero-order chi connectivity index (χ0) is 29.7. The molecule has 1 saturated heterocycles. The van der Waals surface area contributed by atoms with Crippen LogP contribution in [0.15, 0.2) is 78.9 Å². The van der Waals surface area contributed by atoms with E-state index in [4.69, 9.17) is 14.0 Å². The lowest BCUT2D eigenvalue weighted by atomic mass is 9.79. The largest absolute Gasteiger partial charge is 0.494 e. The highest BCUT2D eigenvalue weighted by molar-refractivity contribution is 6.62. The number of carbonyl (C=O) groups excluding carboxylic acids is 1. The molecule has 2 N–H and O–H groups in total. The molecule has 2 heterocycles. The van der Waals surface area contributed by atoms with E-state index in [1.54, 1.807) is 6.08 Å². The van der Waals surface area contributed by atoms with E-state index in [2.05, 4.69) is 53.6 Å². The number of hydrogen-bond acceptors (Lipinski definition) is 5. The van der Waals surface area contributed by atoms with Gasteiger partial charge < -0.3 is 24.3 Å². The van der Waals surface area contributed by atoms with Crippen LogP contribution in [-0.4, -0.2) is 42.2 Å². The maximum absolute atomic E-state index is 12.3. The fraction of sp³-hybridized carbons (Fsp3) is 0.343. The van der Waals surface area contributed by atoms with Gasteiger partial charge in [0.25, 0.3) is 0 Å². The van der Waals surface area contributed by atoms with Crippen LogP contribution in [0.25, 0.3) is 17.0 Å². The summed E-state index contributed by atoms with van der Waals surface area (Å²) in [5.74, 6) is -0.0674. The van der Waals surface area contributed by atoms with Crippen molar-refractivity contribution in [1.82, 2.24) is 10.3 Å². The van der Waals surface area contributed by atoms with Crippen LogP contribution >= 0.6 is 0 Å². The quantitative estimate of drug-likeness (QED) is 0.127. The van der Waals surface area contributed by atoms with Crippen LogP contribution in [0.5, 0.6) is 0 Å². The lowest BCUT2D eigenvalue weighted by Crippen LogP contribution is -2.41. The first-order valence-corrected chi connectivity index (χ1v) is 14.7. The summed E-state index contributed by atoms with van der Waals surface area (Å²) in [7, 11) is -0.387. The third-order valence-corrected chi connectivity index (χ3v) is 8.37. The zero-order valence-electron chi connectivity index (χ0n) is 25.3. The molecule has 0 bridgehead atoms. The average molecular weight is 565 g/mol. The fourth-order valence-electron chi connectivity index (χ4n) is 5.11. The number of para-hydroxylation sites is 1. The summed E-state index contributed by atoms with van der Waals surface area (Å²) in [6.45, 7) is 12.4. The predicted molar refractivity (Wildman–Crippen MR) is 171 cm³/mol. The van der Waals surface area contributed by atoms with E-state index in [0.29, 0.717) is 6.61 Å². The number of aromatic nitrogens is 1. The van der Waals surface area contributed by atoms with Gasteiger partial charge >= 0.3 is 7.12 Å². The van der Waals surface area contributed by atoms with Crippen LogP contribution in [0.2, 0.25) is 0 Å². The van der Waals surface area contributed by atoms with E-state index < -0.39 is 0 Å². The van der Waals surface area contributed by atoms with Crippen LogP contribution in [0.3, 0.4) is 0 Å². The molecule has 6 nitrogen and oxygen atoms in total. The number of nitrogens with one attached hydrogen (secondary N) is 2. The summed E-state index contributed by atoms with van der Waals surface area (Å²) >= 11 is 0. The molecule has 4 aromatic rings. The van der Waals surface area contributed by atoms with Gasteiger partial charge in [0.1, 0.15) is 6.61 Å². The van der Waals surface area contributed by atoms with Gasteiger partial charge in [0.2, 0.25) is 0 Å². The van der Waals surface area contributed by atoms with E-state index >= 15 is 0 Å². The molecule has 0 saturated carbocycles. The first kappa shape index (κ1) is 30.0. The Kier molecular flexibility index (Phi) is 9.14. The number of rotatable bonds is 12. The molecule has 42 heavy (non-hydrogen) atoms. The lowest BCUT2D eigenvalue weighted by molar-refractivity contribution is -0.119. The number of ether oxygens (including phenoxy) is 1. The Morgan fingerprint density at radius 2 is 1.60 bits per heavy atom.